The average molecular weight is 348 g/mol. The third-order valence-corrected chi connectivity index (χ3v) is 6.68. The summed E-state index contributed by atoms with van der Waals surface area (Å²) in [6, 6.07) is 4.18. The van der Waals surface area contributed by atoms with Crippen LogP contribution in [0.1, 0.15) is 17.2 Å². The Bertz CT molecular complexity index is 834. The lowest BCUT2D eigenvalue weighted by atomic mass is 9.88. The fourth-order valence-electron chi connectivity index (χ4n) is 3.28. The molecule has 0 aromatic heterocycles. The molecule has 0 spiro atoms. The van der Waals surface area contributed by atoms with Crippen LogP contribution in [0.15, 0.2) is 28.0 Å². The molecule has 0 amide bonds. The first-order valence-electron chi connectivity index (χ1n) is 7.12. The molecular weight excluding hydrogens is 332 g/mol. The maximum Gasteiger partial charge on any atom is 0.131 e. The minimum atomic E-state index is -0.211. The standard InChI is InChI=1S/C17H16O4S2/c1-18-8-5-9(19-2)15-11(21-4)7-13-16-12(22-23-13)6-10(20-3)14(8)17(15)16/h5-8H,1-4H3. The Morgan fingerprint density at radius 1 is 0.826 bits per heavy atom. The molecule has 2 aromatic rings. The highest BCUT2D eigenvalue weighted by Crippen LogP contribution is 2.59. The van der Waals surface area contributed by atoms with Crippen LogP contribution in [0.25, 0.3) is 16.5 Å². The summed E-state index contributed by atoms with van der Waals surface area (Å²) in [5.41, 5.74) is 2.01. The highest BCUT2D eigenvalue weighted by molar-refractivity contribution is 8.77. The Morgan fingerprint density at radius 3 is 2.04 bits per heavy atom. The Balaban J connectivity index is 2.21. The molecule has 0 fully saturated rings. The predicted molar refractivity (Wildman–Crippen MR) is 93.5 cm³/mol. The molecule has 1 aliphatic carbocycles. The van der Waals surface area contributed by atoms with Crippen LogP contribution in [-0.2, 0) is 9.47 Å². The molecule has 0 radical (unpaired) electrons. The van der Waals surface area contributed by atoms with E-state index in [2.05, 4.69) is 12.1 Å². The van der Waals surface area contributed by atoms with E-state index in [1.165, 1.54) is 15.2 Å². The van der Waals surface area contributed by atoms with Gasteiger partial charge in [-0.3, -0.25) is 0 Å². The smallest absolute Gasteiger partial charge is 0.131 e. The van der Waals surface area contributed by atoms with E-state index in [9.17, 15) is 0 Å². The van der Waals surface area contributed by atoms with Crippen molar-refractivity contribution in [2.75, 3.05) is 28.4 Å². The molecule has 1 aliphatic heterocycles. The lowest BCUT2D eigenvalue weighted by Crippen LogP contribution is -2.11. The van der Waals surface area contributed by atoms with Gasteiger partial charge in [-0.2, -0.15) is 0 Å². The predicted octanol–water partition coefficient (Wildman–Crippen LogP) is 4.66. The van der Waals surface area contributed by atoms with Gasteiger partial charge in [0.05, 0.1) is 26.9 Å². The van der Waals surface area contributed by atoms with Crippen LogP contribution in [0.3, 0.4) is 0 Å². The molecule has 1 unspecified atom stereocenters. The van der Waals surface area contributed by atoms with Gasteiger partial charge in [-0.1, -0.05) is 21.6 Å². The van der Waals surface area contributed by atoms with E-state index in [1.54, 1.807) is 50.0 Å². The molecule has 0 N–H and O–H groups in total. The SMILES string of the molecule is COC1=CC(OC)c2c(OC)cc3c4c(cc(OC)c1c24)SS3. The van der Waals surface area contributed by atoms with E-state index < -0.39 is 0 Å². The average Bonchev–Trinajstić information content (AvgIpc) is 3.01. The van der Waals surface area contributed by atoms with Gasteiger partial charge in [0.15, 0.2) is 0 Å². The van der Waals surface area contributed by atoms with Gasteiger partial charge in [-0.25, -0.2) is 0 Å². The van der Waals surface area contributed by atoms with Crippen LogP contribution < -0.4 is 9.47 Å². The molecule has 4 rings (SSSR count). The van der Waals surface area contributed by atoms with Crippen LogP contribution in [-0.4, -0.2) is 28.4 Å². The van der Waals surface area contributed by atoms with Crippen LogP contribution in [0.4, 0.5) is 0 Å². The summed E-state index contributed by atoms with van der Waals surface area (Å²) in [6.07, 6.45) is 1.76. The lowest BCUT2D eigenvalue weighted by Gasteiger charge is -2.27. The van der Waals surface area contributed by atoms with E-state index in [4.69, 9.17) is 18.9 Å². The van der Waals surface area contributed by atoms with Crippen LogP contribution in [0.5, 0.6) is 11.5 Å². The number of benzene rings is 2. The summed E-state index contributed by atoms with van der Waals surface area (Å²) in [5.74, 6) is 2.42. The molecule has 0 bridgehead atoms. The molecule has 120 valence electrons. The first-order chi connectivity index (χ1) is 11.2. The number of ether oxygens (including phenoxy) is 4. The van der Waals surface area contributed by atoms with Gasteiger partial charge in [0.25, 0.3) is 0 Å². The topological polar surface area (TPSA) is 36.9 Å². The van der Waals surface area contributed by atoms with E-state index in [0.29, 0.717) is 0 Å². The molecule has 0 saturated heterocycles. The summed E-state index contributed by atoms with van der Waals surface area (Å²) in [5, 5.41) is 2.34. The van der Waals surface area contributed by atoms with Gasteiger partial charge >= 0.3 is 0 Å². The Kier molecular flexibility index (Phi) is 3.63. The van der Waals surface area contributed by atoms with Gasteiger partial charge in [0, 0.05) is 33.2 Å². The van der Waals surface area contributed by atoms with Gasteiger partial charge in [-0.15, -0.1) is 0 Å². The van der Waals surface area contributed by atoms with Gasteiger partial charge in [0.1, 0.15) is 23.4 Å². The molecular formula is C17H16O4S2. The molecule has 1 heterocycles. The van der Waals surface area contributed by atoms with Crippen LogP contribution >= 0.6 is 21.6 Å². The van der Waals surface area contributed by atoms with Gasteiger partial charge in [0.2, 0.25) is 0 Å². The van der Waals surface area contributed by atoms with Crippen molar-refractivity contribution in [1.82, 2.24) is 0 Å². The largest absolute Gasteiger partial charge is 0.496 e. The molecule has 23 heavy (non-hydrogen) atoms. The number of hydrogen-bond donors (Lipinski definition) is 0. The third-order valence-electron chi connectivity index (χ3n) is 4.27. The summed E-state index contributed by atoms with van der Waals surface area (Å²) in [7, 11) is 10.2. The quantitative estimate of drug-likeness (QED) is 0.748. The zero-order valence-corrected chi connectivity index (χ0v) is 14.9. The highest BCUT2D eigenvalue weighted by atomic mass is 33.1. The molecule has 2 aliphatic rings. The highest BCUT2D eigenvalue weighted by Gasteiger charge is 2.33. The third kappa shape index (κ3) is 1.98. The van der Waals surface area contributed by atoms with Crippen molar-refractivity contribution < 1.29 is 18.9 Å². The summed E-state index contributed by atoms with van der Waals surface area (Å²) < 4.78 is 22.6. The Labute approximate surface area is 142 Å². The second-order valence-corrected chi connectivity index (χ2v) is 7.46. The fraction of sp³-hybridized carbons (Fsp3) is 0.294. The first kappa shape index (κ1) is 15.1. The monoisotopic (exact) mass is 348 g/mol. The normalized spacial score (nSPS) is 18.1. The summed E-state index contributed by atoms with van der Waals surface area (Å²) in [6.45, 7) is 0. The molecule has 4 nitrogen and oxygen atoms in total. The van der Waals surface area contributed by atoms with E-state index in [1.807, 2.05) is 6.08 Å². The van der Waals surface area contributed by atoms with Crippen molar-refractivity contribution in [3.05, 3.63) is 29.3 Å². The van der Waals surface area contributed by atoms with Crippen molar-refractivity contribution in [3.8, 4) is 11.5 Å². The fourth-order valence-corrected chi connectivity index (χ4v) is 5.75. The lowest BCUT2D eigenvalue weighted by molar-refractivity contribution is 0.138. The number of rotatable bonds is 4. The number of hydrogen-bond acceptors (Lipinski definition) is 6. The van der Waals surface area contributed by atoms with Crippen molar-refractivity contribution in [3.63, 3.8) is 0 Å². The van der Waals surface area contributed by atoms with Crippen molar-refractivity contribution in [2.45, 2.75) is 15.9 Å². The van der Waals surface area contributed by atoms with Crippen molar-refractivity contribution >= 4 is 38.1 Å². The van der Waals surface area contributed by atoms with E-state index in [0.717, 1.165) is 33.8 Å². The molecule has 6 heteroatoms. The zero-order valence-electron chi connectivity index (χ0n) is 13.3. The van der Waals surface area contributed by atoms with Gasteiger partial charge in [-0.05, 0) is 18.2 Å². The molecule has 1 atom stereocenters. The maximum absolute atomic E-state index is 5.70. The summed E-state index contributed by atoms with van der Waals surface area (Å²) in [4.78, 5) is 2.41. The first-order valence-corrected chi connectivity index (χ1v) is 9.27. The second kappa shape index (κ2) is 5.54. The molecule has 0 saturated carbocycles. The van der Waals surface area contributed by atoms with E-state index >= 15 is 0 Å². The zero-order chi connectivity index (χ0) is 16.1. The van der Waals surface area contributed by atoms with Gasteiger partial charge < -0.3 is 18.9 Å². The maximum atomic E-state index is 5.70. The minimum Gasteiger partial charge on any atom is -0.496 e. The van der Waals surface area contributed by atoms with Crippen LogP contribution in [0, 0.1) is 0 Å². The number of methoxy groups -OCH3 is 4. The van der Waals surface area contributed by atoms with Crippen molar-refractivity contribution in [2.24, 2.45) is 0 Å². The van der Waals surface area contributed by atoms with Crippen LogP contribution in [0.2, 0.25) is 0 Å². The Morgan fingerprint density at radius 2 is 1.48 bits per heavy atom. The Hall–Kier alpha value is -1.50. The second-order valence-electron chi connectivity index (χ2n) is 5.25. The molecule has 2 aromatic carbocycles. The summed E-state index contributed by atoms with van der Waals surface area (Å²) >= 11 is 0. The van der Waals surface area contributed by atoms with E-state index in [-0.39, 0.29) is 6.10 Å². The van der Waals surface area contributed by atoms with Crippen molar-refractivity contribution in [1.29, 1.82) is 0 Å². The minimum absolute atomic E-state index is 0.211.